The monoisotopic (exact) mass is 468 g/mol. The van der Waals surface area contributed by atoms with Crippen LogP contribution in [0.5, 0.6) is 0 Å². The fourth-order valence-corrected chi connectivity index (χ4v) is 3.23. The molecule has 0 aromatic heterocycles. The zero-order valence-electron chi connectivity index (χ0n) is 14.0. The van der Waals surface area contributed by atoms with Crippen molar-refractivity contribution < 1.29 is 18.8 Å². The summed E-state index contributed by atoms with van der Waals surface area (Å²) >= 11 is 2.11. The fraction of sp³-hybridized carbons (Fsp3) is 0.263. The third kappa shape index (κ3) is 4.32. The van der Waals surface area contributed by atoms with Crippen molar-refractivity contribution >= 4 is 40.3 Å². The Balaban J connectivity index is 1.64. The first-order valence-electron chi connectivity index (χ1n) is 8.29. The molecule has 1 unspecified atom stereocenters. The number of hydrogen-bond donors (Lipinski definition) is 0. The molecule has 1 saturated heterocycles. The van der Waals surface area contributed by atoms with E-state index in [1.165, 1.54) is 17.0 Å². The molecule has 0 radical (unpaired) electrons. The van der Waals surface area contributed by atoms with Gasteiger partial charge in [0.25, 0.3) is 5.91 Å². The highest BCUT2D eigenvalue weighted by Gasteiger charge is 2.38. The summed E-state index contributed by atoms with van der Waals surface area (Å²) in [7, 11) is 0. The summed E-state index contributed by atoms with van der Waals surface area (Å²) in [5.41, 5.74) is 1.01. The van der Waals surface area contributed by atoms with Crippen molar-refractivity contribution in [2.24, 2.45) is 0 Å². The number of hydrogen-bond acceptors (Lipinski definition) is 3. The van der Waals surface area contributed by atoms with Gasteiger partial charge in [0.05, 0.1) is 5.69 Å². The molecule has 7 heteroatoms. The number of halogens is 2. The van der Waals surface area contributed by atoms with E-state index in [9.17, 15) is 14.1 Å². The summed E-state index contributed by atoms with van der Waals surface area (Å²) in [4.78, 5) is 26.2. The molecular formula is C19H18FIN2O3. The highest BCUT2D eigenvalue weighted by Crippen LogP contribution is 2.25. The van der Waals surface area contributed by atoms with Gasteiger partial charge in [0.15, 0.2) is 0 Å². The predicted octanol–water partition coefficient (Wildman–Crippen LogP) is 4.31. The predicted molar refractivity (Wildman–Crippen MR) is 104 cm³/mol. The molecule has 5 nitrogen and oxygen atoms in total. The summed E-state index contributed by atoms with van der Waals surface area (Å²) in [6, 6.07) is 14.9. The molecule has 3 rings (SSSR count). The van der Waals surface area contributed by atoms with Crippen LogP contribution in [-0.4, -0.2) is 29.5 Å². The van der Waals surface area contributed by atoms with E-state index < -0.39 is 18.0 Å². The van der Waals surface area contributed by atoms with Crippen LogP contribution in [0.4, 0.5) is 15.0 Å². The quantitative estimate of drug-likeness (QED) is 0.497. The maximum atomic E-state index is 14.5. The van der Waals surface area contributed by atoms with E-state index in [2.05, 4.69) is 22.6 Å². The molecule has 1 atom stereocenters. The summed E-state index contributed by atoms with van der Waals surface area (Å²) in [6.45, 7) is 0.498. The van der Waals surface area contributed by atoms with Crippen molar-refractivity contribution in [1.29, 1.82) is 0 Å². The summed E-state index contributed by atoms with van der Waals surface area (Å²) in [6.07, 6.45) is 0.460. The topological polar surface area (TPSA) is 49.9 Å². The molecule has 2 aromatic rings. The molecule has 0 aliphatic carbocycles. The first-order valence-corrected chi connectivity index (χ1v) is 9.37. The normalized spacial score (nSPS) is 16.4. The minimum Gasteiger partial charge on any atom is -0.445 e. The van der Waals surface area contributed by atoms with E-state index in [-0.39, 0.29) is 17.4 Å². The Morgan fingerprint density at radius 3 is 2.54 bits per heavy atom. The Labute approximate surface area is 164 Å². The molecule has 1 aliphatic heterocycles. The maximum absolute atomic E-state index is 14.5. The fourth-order valence-electron chi connectivity index (χ4n) is 2.87. The molecule has 136 valence electrons. The van der Waals surface area contributed by atoms with Crippen molar-refractivity contribution in [3.8, 4) is 0 Å². The van der Waals surface area contributed by atoms with Crippen molar-refractivity contribution in [3.63, 3.8) is 0 Å². The Hall–Kier alpha value is -2.16. The lowest BCUT2D eigenvalue weighted by Crippen LogP contribution is -2.45. The van der Waals surface area contributed by atoms with Gasteiger partial charge in [-0.15, -0.1) is 5.12 Å². The molecule has 0 N–H and O–H groups in total. The lowest BCUT2D eigenvalue weighted by molar-refractivity contribution is -0.125. The number of likely N-dealkylation sites (tertiary alicyclic amines) is 1. The minimum absolute atomic E-state index is 0.115. The van der Waals surface area contributed by atoms with Crippen molar-refractivity contribution in [2.45, 2.75) is 25.5 Å². The second kappa shape index (κ2) is 8.48. The van der Waals surface area contributed by atoms with Gasteiger partial charge in [-0.25, -0.2) is 4.79 Å². The standard InChI is InChI=1S/C19H18FIN2O3/c20-23(16-10-8-15(21)9-11-16)18(24)17-7-4-12-22(17)19(25)26-13-14-5-2-1-3-6-14/h1-3,5-6,8-11,17H,4,7,12-13H2. The number of rotatable bonds is 4. The number of nitrogens with zero attached hydrogens (tertiary/aromatic N) is 2. The number of ether oxygens (including phenoxy) is 1. The molecule has 0 spiro atoms. The molecule has 2 amide bonds. The van der Waals surface area contributed by atoms with Gasteiger partial charge in [0.1, 0.15) is 12.6 Å². The van der Waals surface area contributed by atoms with E-state index in [1.807, 2.05) is 30.3 Å². The van der Waals surface area contributed by atoms with Gasteiger partial charge in [-0.1, -0.05) is 34.8 Å². The third-order valence-corrected chi connectivity index (χ3v) is 4.94. The summed E-state index contributed by atoms with van der Waals surface area (Å²) < 4.78 is 20.7. The van der Waals surface area contributed by atoms with Crippen LogP contribution in [0.25, 0.3) is 0 Å². The molecule has 2 aromatic carbocycles. The molecular weight excluding hydrogens is 450 g/mol. The van der Waals surface area contributed by atoms with Gasteiger partial charge in [-0.2, -0.15) is 0 Å². The highest BCUT2D eigenvalue weighted by atomic mass is 127. The number of amides is 2. The SMILES string of the molecule is O=C(C1CCCN1C(=O)OCc1ccccc1)N(F)c1ccc(I)cc1. The van der Waals surface area contributed by atoms with Crippen LogP contribution in [0, 0.1) is 3.57 Å². The Kier molecular flexibility index (Phi) is 6.08. The molecule has 1 aliphatic rings. The lowest BCUT2D eigenvalue weighted by Gasteiger charge is -2.25. The van der Waals surface area contributed by atoms with Crippen LogP contribution in [0.15, 0.2) is 54.6 Å². The summed E-state index contributed by atoms with van der Waals surface area (Å²) in [5.74, 6) is -0.750. The Morgan fingerprint density at radius 1 is 1.15 bits per heavy atom. The zero-order chi connectivity index (χ0) is 18.5. The largest absolute Gasteiger partial charge is 0.445 e. The van der Waals surface area contributed by atoms with Gasteiger partial charge in [0.2, 0.25) is 0 Å². The third-order valence-electron chi connectivity index (χ3n) is 4.22. The van der Waals surface area contributed by atoms with Crippen LogP contribution >= 0.6 is 22.6 Å². The Morgan fingerprint density at radius 2 is 1.85 bits per heavy atom. The first kappa shape index (κ1) is 18.6. The minimum atomic E-state index is -0.845. The lowest BCUT2D eigenvalue weighted by atomic mass is 10.2. The van der Waals surface area contributed by atoms with E-state index in [4.69, 9.17) is 4.74 Å². The number of benzene rings is 2. The molecule has 0 bridgehead atoms. The van der Waals surface area contributed by atoms with E-state index in [0.29, 0.717) is 19.4 Å². The van der Waals surface area contributed by atoms with Gasteiger partial charge in [0, 0.05) is 10.1 Å². The van der Waals surface area contributed by atoms with E-state index in [1.54, 1.807) is 12.1 Å². The van der Waals surface area contributed by atoms with Gasteiger partial charge in [-0.3, -0.25) is 9.69 Å². The second-order valence-corrected chi connectivity index (χ2v) is 7.23. The molecule has 1 fully saturated rings. The van der Waals surface area contributed by atoms with Crippen LogP contribution in [0.1, 0.15) is 18.4 Å². The van der Waals surface area contributed by atoms with Crippen LogP contribution in [0.3, 0.4) is 0 Å². The van der Waals surface area contributed by atoms with Crippen LogP contribution in [-0.2, 0) is 16.1 Å². The van der Waals surface area contributed by atoms with Gasteiger partial charge < -0.3 is 4.74 Å². The van der Waals surface area contributed by atoms with Gasteiger partial charge >= 0.3 is 6.09 Å². The second-order valence-electron chi connectivity index (χ2n) is 5.99. The van der Waals surface area contributed by atoms with Crippen LogP contribution < -0.4 is 5.12 Å². The van der Waals surface area contributed by atoms with Crippen molar-refractivity contribution in [3.05, 3.63) is 63.7 Å². The number of anilines is 1. The molecule has 1 heterocycles. The highest BCUT2D eigenvalue weighted by molar-refractivity contribution is 14.1. The Bertz CT molecular complexity index is 770. The van der Waals surface area contributed by atoms with Gasteiger partial charge in [-0.05, 0) is 65.3 Å². The summed E-state index contributed by atoms with van der Waals surface area (Å²) in [5, 5.41) is 0.115. The number of carbonyl (C=O) groups is 2. The van der Waals surface area contributed by atoms with Crippen LogP contribution in [0.2, 0.25) is 0 Å². The zero-order valence-corrected chi connectivity index (χ0v) is 16.1. The van der Waals surface area contributed by atoms with E-state index in [0.717, 1.165) is 9.13 Å². The molecule has 26 heavy (non-hydrogen) atoms. The first-order chi connectivity index (χ1) is 12.6. The average molecular weight is 468 g/mol. The molecule has 0 saturated carbocycles. The number of carbonyl (C=O) groups excluding carboxylic acids is 2. The van der Waals surface area contributed by atoms with E-state index >= 15 is 0 Å². The average Bonchev–Trinajstić information content (AvgIpc) is 3.16. The van der Waals surface area contributed by atoms with Crippen molar-refractivity contribution in [2.75, 3.05) is 11.7 Å². The van der Waals surface area contributed by atoms with Crippen molar-refractivity contribution in [1.82, 2.24) is 4.90 Å². The maximum Gasteiger partial charge on any atom is 0.410 e. The smallest absolute Gasteiger partial charge is 0.410 e.